The molecule has 0 unspecified atom stereocenters. The second kappa shape index (κ2) is 6.98. The summed E-state index contributed by atoms with van der Waals surface area (Å²) < 4.78 is 31.0. The average Bonchev–Trinajstić information content (AvgIpc) is 3.12. The van der Waals surface area contributed by atoms with E-state index in [0.717, 1.165) is 5.69 Å². The topological polar surface area (TPSA) is 102 Å². The second-order valence-electron chi connectivity index (χ2n) is 8.23. The lowest BCUT2D eigenvalue weighted by atomic mass is 9.88. The third-order valence-electron chi connectivity index (χ3n) is 4.92. The first-order valence-corrected chi connectivity index (χ1v) is 11.8. The Morgan fingerprint density at radius 2 is 2.07 bits per heavy atom. The molecule has 0 bridgehead atoms. The molecule has 1 amide bonds. The first-order valence-electron chi connectivity index (χ1n) is 9.13. The zero-order chi connectivity index (χ0) is 21.8. The summed E-state index contributed by atoms with van der Waals surface area (Å²) in [5, 5.41) is 6.91. The van der Waals surface area contributed by atoms with Crippen LogP contribution in [0.15, 0.2) is 28.9 Å². The van der Waals surface area contributed by atoms with Crippen LogP contribution in [0.2, 0.25) is 5.02 Å². The number of aromatic nitrogens is 4. The van der Waals surface area contributed by atoms with Gasteiger partial charge < -0.3 is 5.32 Å². The lowest BCUT2D eigenvalue weighted by Gasteiger charge is -2.19. The molecule has 30 heavy (non-hydrogen) atoms. The van der Waals surface area contributed by atoms with Crippen LogP contribution in [0.5, 0.6) is 0 Å². The van der Waals surface area contributed by atoms with E-state index in [1.165, 1.54) is 35.4 Å². The van der Waals surface area contributed by atoms with Gasteiger partial charge in [0.25, 0.3) is 0 Å². The largest absolute Gasteiger partial charge is 0.324 e. The van der Waals surface area contributed by atoms with Gasteiger partial charge in [-0.05, 0) is 12.5 Å². The highest BCUT2D eigenvalue weighted by atomic mass is 35.5. The van der Waals surface area contributed by atoms with Crippen LogP contribution in [0.1, 0.15) is 37.4 Å². The predicted molar refractivity (Wildman–Crippen MR) is 113 cm³/mol. The van der Waals surface area contributed by atoms with Crippen molar-refractivity contribution in [3.8, 4) is 0 Å². The SMILES string of the molecule is CC1(C)C[C@@H](C(=O)Nc2cnc(N=S(C)(C)=O)c(Cl)c2)c2cnc3cc(F)nn3c21. The fourth-order valence-corrected chi connectivity index (χ4v) is 4.63. The summed E-state index contributed by atoms with van der Waals surface area (Å²) in [7, 11) is -2.41. The molecule has 158 valence electrons. The number of carbonyl (C=O) groups excluding carboxylic acids is 1. The third kappa shape index (κ3) is 3.77. The molecular weight excluding hydrogens is 431 g/mol. The molecule has 3 aromatic rings. The number of nitrogens with zero attached hydrogens (tertiary/aromatic N) is 5. The maximum atomic E-state index is 13.7. The fraction of sp³-hybridized carbons (Fsp3) is 0.368. The minimum absolute atomic E-state index is 0.157. The highest BCUT2D eigenvalue weighted by Gasteiger charge is 2.43. The number of carbonyl (C=O) groups is 1. The van der Waals surface area contributed by atoms with Crippen LogP contribution in [0.25, 0.3) is 5.65 Å². The Morgan fingerprint density at radius 1 is 1.33 bits per heavy atom. The molecule has 1 N–H and O–H groups in total. The van der Waals surface area contributed by atoms with Crippen LogP contribution in [-0.2, 0) is 19.9 Å². The molecule has 3 aromatic heterocycles. The van der Waals surface area contributed by atoms with E-state index in [9.17, 15) is 13.4 Å². The minimum Gasteiger partial charge on any atom is -0.324 e. The Labute approximate surface area is 178 Å². The summed E-state index contributed by atoms with van der Waals surface area (Å²) in [5.74, 6) is -1.21. The van der Waals surface area contributed by atoms with Gasteiger partial charge in [0, 0.05) is 45.5 Å². The van der Waals surface area contributed by atoms with Crippen molar-refractivity contribution in [2.75, 3.05) is 17.8 Å². The zero-order valence-corrected chi connectivity index (χ0v) is 18.4. The summed E-state index contributed by atoms with van der Waals surface area (Å²) in [5.41, 5.74) is 1.86. The molecule has 0 saturated carbocycles. The van der Waals surface area contributed by atoms with Crippen molar-refractivity contribution >= 4 is 44.4 Å². The third-order valence-corrected chi connectivity index (χ3v) is 5.82. The van der Waals surface area contributed by atoms with Crippen molar-refractivity contribution in [3.05, 3.63) is 46.8 Å². The number of hydrogen-bond donors (Lipinski definition) is 1. The Morgan fingerprint density at radius 3 is 2.73 bits per heavy atom. The molecule has 0 aromatic carbocycles. The van der Waals surface area contributed by atoms with Crippen molar-refractivity contribution in [3.63, 3.8) is 0 Å². The summed E-state index contributed by atoms with van der Waals surface area (Å²) in [6, 6.07) is 2.77. The summed E-state index contributed by atoms with van der Waals surface area (Å²) >= 11 is 6.18. The summed E-state index contributed by atoms with van der Waals surface area (Å²) in [4.78, 5) is 21.4. The average molecular weight is 451 g/mol. The number of nitrogens with one attached hydrogen (secondary N) is 1. The lowest BCUT2D eigenvalue weighted by Crippen LogP contribution is -2.21. The van der Waals surface area contributed by atoms with Crippen LogP contribution in [0.3, 0.4) is 0 Å². The Bertz CT molecular complexity index is 1300. The Hall–Kier alpha value is -2.59. The molecule has 4 rings (SSSR count). The van der Waals surface area contributed by atoms with E-state index < -0.39 is 27.0 Å². The number of pyridine rings is 1. The van der Waals surface area contributed by atoms with Crippen molar-refractivity contribution in [1.82, 2.24) is 19.6 Å². The Kier molecular flexibility index (Phi) is 4.81. The van der Waals surface area contributed by atoms with Gasteiger partial charge in [0.2, 0.25) is 11.9 Å². The second-order valence-corrected chi connectivity index (χ2v) is 11.2. The van der Waals surface area contributed by atoms with Crippen molar-refractivity contribution < 1.29 is 13.4 Å². The van der Waals surface area contributed by atoms with Crippen LogP contribution in [0.4, 0.5) is 15.9 Å². The highest BCUT2D eigenvalue weighted by molar-refractivity contribution is 7.92. The number of hydrogen-bond acceptors (Lipinski definition) is 6. The smallest absolute Gasteiger partial charge is 0.235 e. The van der Waals surface area contributed by atoms with E-state index in [0.29, 0.717) is 23.3 Å². The van der Waals surface area contributed by atoms with Crippen LogP contribution in [-0.4, -0.2) is 42.2 Å². The molecule has 0 spiro atoms. The van der Waals surface area contributed by atoms with Gasteiger partial charge in [-0.25, -0.2) is 18.7 Å². The molecule has 0 aliphatic heterocycles. The van der Waals surface area contributed by atoms with Crippen LogP contribution >= 0.6 is 11.6 Å². The lowest BCUT2D eigenvalue weighted by molar-refractivity contribution is -0.117. The van der Waals surface area contributed by atoms with E-state index in [-0.39, 0.29) is 16.7 Å². The number of halogens is 2. The standard InChI is InChI=1S/C19H20ClFN6O2S/c1-19(2)7-11(12-9-22-15-6-14(21)25-27(15)16(12)19)18(28)24-10-5-13(20)17(23-8-10)26-30(3,4)29/h5-6,8-9,11H,7H2,1-4H3,(H,24,28)/t11-/m1/s1. The van der Waals surface area contributed by atoms with Crippen LogP contribution in [0, 0.1) is 5.95 Å². The van der Waals surface area contributed by atoms with Crippen LogP contribution < -0.4 is 5.32 Å². The van der Waals surface area contributed by atoms with Gasteiger partial charge in [0.1, 0.15) is 0 Å². The zero-order valence-electron chi connectivity index (χ0n) is 16.8. The first-order chi connectivity index (χ1) is 13.9. The van der Waals surface area contributed by atoms with Crippen molar-refractivity contribution in [2.45, 2.75) is 31.6 Å². The molecular formula is C19H20ClFN6O2S. The summed E-state index contributed by atoms with van der Waals surface area (Å²) in [6.07, 6.45) is 6.50. The molecule has 8 nitrogen and oxygen atoms in total. The minimum atomic E-state index is -2.41. The van der Waals surface area contributed by atoms with E-state index in [2.05, 4.69) is 24.7 Å². The van der Waals surface area contributed by atoms with Gasteiger partial charge in [-0.2, -0.15) is 8.75 Å². The maximum absolute atomic E-state index is 13.7. The monoisotopic (exact) mass is 450 g/mol. The van der Waals surface area contributed by atoms with Gasteiger partial charge >= 0.3 is 0 Å². The normalized spacial score (nSPS) is 17.7. The van der Waals surface area contributed by atoms with Gasteiger partial charge in [0.15, 0.2) is 11.5 Å². The molecule has 0 radical (unpaired) electrons. The van der Waals surface area contributed by atoms with Gasteiger partial charge in [-0.1, -0.05) is 25.4 Å². The predicted octanol–water partition coefficient (Wildman–Crippen LogP) is 3.68. The van der Waals surface area contributed by atoms with Gasteiger partial charge in [-0.15, -0.1) is 5.10 Å². The van der Waals surface area contributed by atoms with E-state index in [4.69, 9.17) is 11.6 Å². The molecule has 1 atom stereocenters. The molecule has 0 fully saturated rings. The highest BCUT2D eigenvalue weighted by Crippen LogP contribution is 2.46. The van der Waals surface area contributed by atoms with Gasteiger partial charge in [-0.3, -0.25) is 4.79 Å². The molecule has 11 heteroatoms. The molecule has 0 saturated heterocycles. The maximum Gasteiger partial charge on any atom is 0.235 e. The molecule has 1 aliphatic rings. The fourth-order valence-electron chi connectivity index (χ4n) is 3.81. The Balaban J connectivity index is 1.65. The first kappa shape index (κ1) is 20.7. The quantitative estimate of drug-likeness (QED) is 0.655. The molecule has 1 aliphatic carbocycles. The number of rotatable bonds is 3. The molecule has 3 heterocycles. The van der Waals surface area contributed by atoms with Crippen molar-refractivity contribution in [1.29, 1.82) is 0 Å². The van der Waals surface area contributed by atoms with Gasteiger partial charge in [0.05, 0.1) is 28.5 Å². The van der Waals surface area contributed by atoms with E-state index in [1.54, 1.807) is 6.20 Å². The van der Waals surface area contributed by atoms with E-state index in [1.807, 2.05) is 13.8 Å². The van der Waals surface area contributed by atoms with Crippen molar-refractivity contribution in [2.24, 2.45) is 4.36 Å². The summed E-state index contributed by atoms with van der Waals surface area (Å²) in [6.45, 7) is 3.97. The van der Waals surface area contributed by atoms with E-state index >= 15 is 0 Å². The number of fused-ring (bicyclic) bond motifs is 3. The number of anilines is 1. The number of amides is 1.